The van der Waals surface area contributed by atoms with E-state index in [0.29, 0.717) is 10.0 Å². The van der Waals surface area contributed by atoms with E-state index in [0.717, 1.165) is 72.5 Å². The Morgan fingerprint density at radius 2 is 1.88 bits per heavy atom. The number of benzene rings is 2. The Bertz CT molecular complexity index is 1070. The zero-order chi connectivity index (χ0) is 22.9. The van der Waals surface area contributed by atoms with Gasteiger partial charge in [0.25, 0.3) is 0 Å². The minimum absolute atomic E-state index is 0.588. The smallest absolute Gasteiger partial charge is 0.0595 e. The molecular formula is C26H30Cl2N4. The van der Waals surface area contributed by atoms with E-state index in [1.54, 1.807) is 0 Å². The summed E-state index contributed by atoms with van der Waals surface area (Å²) in [7, 11) is 0. The average molecular weight is 469 g/mol. The summed E-state index contributed by atoms with van der Waals surface area (Å²) in [6.45, 7) is 11.8. The van der Waals surface area contributed by atoms with Crippen molar-refractivity contribution >= 4 is 28.9 Å². The van der Waals surface area contributed by atoms with Crippen molar-refractivity contribution in [3.63, 3.8) is 0 Å². The van der Waals surface area contributed by atoms with Crippen molar-refractivity contribution in [2.45, 2.75) is 39.2 Å². The van der Waals surface area contributed by atoms with Crippen LogP contribution in [-0.4, -0.2) is 16.3 Å². The molecule has 3 rings (SSSR count). The number of halogens is 2. The Hall–Kier alpha value is -2.69. The predicted molar refractivity (Wildman–Crippen MR) is 137 cm³/mol. The Morgan fingerprint density at radius 3 is 2.66 bits per heavy atom. The van der Waals surface area contributed by atoms with E-state index in [4.69, 9.17) is 23.2 Å². The van der Waals surface area contributed by atoms with Crippen molar-refractivity contribution in [2.24, 2.45) is 0 Å². The van der Waals surface area contributed by atoms with E-state index in [9.17, 15) is 0 Å². The quantitative estimate of drug-likeness (QED) is 0.273. The first-order valence-electron chi connectivity index (χ1n) is 10.8. The molecule has 0 saturated carbocycles. The molecule has 0 bridgehead atoms. The van der Waals surface area contributed by atoms with Crippen LogP contribution in [-0.2, 0) is 13.0 Å². The van der Waals surface area contributed by atoms with Crippen molar-refractivity contribution in [1.82, 2.24) is 15.1 Å². The maximum atomic E-state index is 6.08. The molecule has 0 fully saturated rings. The Balaban J connectivity index is 1.36. The highest BCUT2D eigenvalue weighted by Crippen LogP contribution is 2.24. The van der Waals surface area contributed by atoms with E-state index >= 15 is 0 Å². The lowest BCUT2D eigenvalue weighted by molar-refractivity contribution is 0.546. The molecule has 0 radical (unpaired) electrons. The van der Waals surface area contributed by atoms with Gasteiger partial charge in [-0.1, -0.05) is 54.6 Å². The van der Waals surface area contributed by atoms with Gasteiger partial charge >= 0.3 is 0 Å². The summed E-state index contributed by atoms with van der Waals surface area (Å²) in [5.41, 5.74) is 6.42. The zero-order valence-corrected chi connectivity index (χ0v) is 20.0. The van der Waals surface area contributed by atoms with Crippen LogP contribution in [0.1, 0.15) is 31.7 Å². The number of rotatable bonds is 12. The second-order valence-electron chi connectivity index (χ2n) is 7.96. The average Bonchev–Trinajstić information content (AvgIpc) is 3.23. The van der Waals surface area contributed by atoms with Gasteiger partial charge in [0.1, 0.15) is 0 Å². The third-order valence-corrected chi connectivity index (χ3v) is 5.81. The van der Waals surface area contributed by atoms with Crippen LogP contribution in [0.4, 0.5) is 5.69 Å². The van der Waals surface area contributed by atoms with Gasteiger partial charge in [-0.05, 0) is 68.0 Å². The molecule has 2 aromatic carbocycles. The molecule has 3 aromatic rings. The number of aromatic nitrogens is 2. The molecule has 0 amide bonds. The van der Waals surface area contributed by atoms with Gasteiger partial charge in [0.2, 0.25) is 0 Å². The van der Waals surface area contributed by atoms with Gasteiger partial charge in [-0.15, -0.1) is 0 Å². The zero-order valence-electron chi connectivity index (χ0n) is 18.5. The van der Waals surface area contributed by atoms with Crippen LogP contribution < -0.4 is 10.6 Å². The van der Waals surface area contributed by atoms with Gasteiger partial charge in [0.05, 0.1) is 16.2 Å². The van der Waals surface area contributed by atoms with Crippen LogP contribution in [0.15, 0.2) is 79.4 Å². The summed E-state index contributed by atoms with van der Waals surface area (Å²) >= 11 is 12.0. The molecule has 0 atom stereocenters. The van der Waals surface area contributed by atoms with Crippen LogP contribution >= 0.6 is 23.2 Å². The van der Waals surface area contributed by atoms with Crippen LogP contribution in [0.3, 0.4) is 0 Å². The van der Waals surface area contributed by atoms with Crippen molar-refractivity contribution in [2.75, 3.05) is 11.9 Å². The van der Waals surface area contributed by atoms with E-state index in [1.165, 1.54) is 0 Å². The standard InChI is InChI=1S/C26H30Cl2N4/c1-19(2)31-24-8-6-7-22(16-24)23-17-30-32(18-23)14-5-4-13-29-20(3)9-10-21-11-12-25(27)26(28)15-21/h6-8,11-12,15-18,29,31H,1,3-5,9-10,13-14H2,2H3. The fourth-order valence-corrected chi connectivity index (χ4v) is 3.72. The molecule has 0 spiro atoms. The number of nitrogens with zero attached hydrogens (tertiary/aromatic N) is 2. The number of nitrogens with one attached hydrogen (secondary N) is 2. The number of anilines is 1. The molecule has 0 unspecified atom stereocenters. The van der Waals surface area contributed by atoms with Crippen molar-refractivity contribution in [1.29, 1.82) is 0 Å². The lowest BCUT2D eigenvalue weighted by Gasteiger charge is -2.10. The largest absolute Gasteiger partial charge is 0.389 e. The highest BCUT2D eigenvalue weighted by atomic mass is 35.5. The fraction of sp³-hybridized carbons (Fsp3) is 0.269. The van der Waals surface area contributed by atoms with Gasteiger partial charge < -0.3 is 10.6 Å². The van der Waals surface area contributed by atoms with Crippen molar-refractivity contribution in [3.8, 4) is 11.1 Å². The molecule has 4 nitrogen and oxygen atoms in total. The van der Waals surface area contributed by atoms with E-state index in [1.807, 2.05) is 48.1 Å². The Labute approximate surface area is 200 Å². The molecule has 1 heterocycles. The molecule has 32 heavy (non-hydrogen) atoms. The number of allylic oxidation sites excluding steroid dienone is 2. The highest BCUT2D eigenvalue weighted by molar-refractivity contribution is 6.42. The topological polar surface area (TPSA) is 41.9 Å². The van der Waals surface area contributed by atoms with Crippen LogP contribution in [0, 0.1) is 0 Å². The van der Waals surface area contributed by atoms with Crippen LogP contribution in [0.2, 0.25) is 10.0 Å². The lowest BCUT2D eigenvalue weighted by atomic mass is 10.1. The summed E-state index contributed by atoms with van der Waals surface area (Å²) in [6, 6.07) is 14.1. The molecule has 0 aliphatic carbocycles. The second kappa shape index (κ2) is 11.8. The first-order chi connectivity index (χ1) is 15.4. The molecule has 168 valence electrons. The summed E-state index contributed by atoms with van der Waals surface area (Å²) < 4.78 is 2.01. The summed E-state index contributed by atoms with van der Waals surface area (Å²) in [5, 5.41) is 12.4. The highest BCUT2D eigenvalue weighted by Gasteiger charge is 2.04. The Kier molecular flexibility index (Phi) is 8.83. The first kappa shape index (κ1) is 24.0. The maximum Gasteiger partial charge on any atom is 0.0595 e. The fourth-order valence-electron chi connectivity index (χ4n) is 3.40. The predicted octanol–water partition coefficient (Wildman–Crippen LogP) is 7.32. The molecule has 6 heteroatoms. The minimum Gasteiger partial charge on any atom is -0.389 e. The van der Waals surface area contributed by atoms with Crippen molar-refractivity contribution < 1.29 is 0 Å². The normalized spacial score (nSPS) is 10.7. The molecule has 2 N–H and O–H groups in total. The first-order valence-corrected chi connectivity index (χ1v) is 11.6. The van der Waals surface area contributed by atoms with Gasteiger partial charge in [-0.2, -0.15) is 5.10 Å². The number of unbranched alkanes of at least 4 members (excludes halogenated alkanes) is 1. The number of aryl methyl sites for hydroxylation is 2. The van der Waals surface area contributed by atoms with Crippen molar-refractivity contribution in [3.05, 3.63) is 95.0 Å². The lowest BCUT2D eigenvalue weighted by Crippen LogP contribution is -2.15. The molecule has 1 aromatic heterocycles. The number of hydrogen-bond acceptors (Lipinski definition) is 3. The summed E-state index contributed by atoms with van der Waals surface area (Å²) in [6.07, 6.45) is 7.89. The van der Waals surface area contributed by atoms with E-state index < -0.39 is 0 Å². The monoisotopic (exact) mass is 468 g/mol. The van der Waals surface area contributed by atoms with E-state index in [2.05, 4.69) is 47.2 Å². The van der Waals surface area contributed by atoms with Gasteiger partial charge in [0.15, 0.2) is 0 Å². The summed E-state index contributed by atoms with van der Waals surface area (Å²) in [5.74, 6) is 0. The van der Waals surface area contributed by atoms with E-state index in [-0.39, 0.29) is 0 Å². The molecule has 0 aliphatic rings. The summed E-state index contributed by atoms with van der Waals surface area (Å²) in [4.78, 5) is 0. The molecular weight excluding hydrogens is 439 g/mol. The van der Waals surface area contributed by atoms with Gasteiger partial charge in [-0.3, -0.25) is 4.68 Å². The Morgan fingerprint density at radius 1 is 1.03 bits per heavy atom. The SMILES string of the molecule is C=C(C)Nc1cccc(-c2cnn(CCCCNC(=C)CCc3ccc(Cl)c(Cl)c3)c2)c1. The van der Waals surface area contributed by atoms with Crippen LogP contribution in [0.25, 0.3) is 11.1 Å². The minimum atomic E-state index is 0.588. The molecule has 0 saturated heterocycles. The third kappa shape index (κ3) is 7.47. The van der Waals surface area contributed by atoms with Gasteiger partial charge in [-0.25, -0.2) is 0 Å². The molecule has 0 aliphatic heterocycles. The second-order valence-corrected chi connectivity index (χ2v) is 8.78. The number of hydrogen-bond donors (Lipinski definition) is 2. The third-order valence-electron chi connectivity index (χ3n) is 5.08. The maximum absolute atomic E-state index is 6.08. The van der Waals surface area contributed by atoms with Crippen LogP contribution in [0.5, 0.6) is 0 Å². The van der Waals surface area contributed by atoms with Gasteiger partial charge in [0, 0.05) is 41.9 Å².